The van der Waals surface area contributed by atoms with Crippen LogP contribution in [0.1, 0.15) is 31.1 Å². The monoisotopic (exact) mass is 500 g/mol. The fourth-order valence-corrected chi connectivity index (χ4v) is 4.17. The minimum atomic E-state index is -0.217. The summed E-state index contributed by atoms with van der Waals surface area (Å²) in [5, 5.41) is 2.96. The summed E-state index contributed by atoms with van der Waals surface area (Å²) in [4.78, 5) is 32.2. The summed E-state index contributed by atoms with van der Waals surface area (Å²) in [6.07, 6.45) is 3.47. The van der Waals surface area contributed by atoms with E-state index in [0.29, 0.717) is 63.2 Å². The van der Waals surface area contributed by atoms with Crippen LogP contribution in [0.2, 0.25) is 0 Å². The van der Waals surface area contributed by atoms with Crippen LogP contribution in [-0.4, -0.2) is 85.9 Å². The number of rotatable bonds is 12. The van der Waals surface area contributed by atoms with Gasteiger partial charge in [-0.25, -0.2) is 4.79 Å². The van der Waals surface area contributed by atoms with Crippen LogP contribution in [0.25, 0.3) is 0 Å². The summed E-state index contributed by atoms with van der Waals surface area (Å²) in [7, 11) is 0. The molecule has 0 spiro atoms. The molecular weight excluding hydrogens is 464 g/mol. The molecule has 0 aliphatic carbocycles. The molecule has 1 aromatic heterocycles. The lowest BCUT2D eigenvalue weighted by Gasteiger charge is -2.31. The molecule has 0 atom stereocenters. The Kier molecular flexibility index (Phi) is 9.46. The Balaban J connectivity index is 1.44. The predicted molar refractivity (Wildman–Crippen MR) is 133 cm³/mol. The van der Waals surface area contributed by atoms with Crippen molar-refractivity contribution in [3.63, 3.8) is 0 Å². The summed E-state index contributed by atoms with van der Waals surface area (Å²) in [6, 6.07) is 9.08. The highest BCUT2D eigenvalue weighted by Crippen LogP contribution is 2.33. The van der Waals surface area contributed by atoms with Gasteiger partial charge in [0.25, 0.3) is 0 Å². The maximum Gasteiger partial charge on any atom is 0.317 e. The molecule has 2 aliphatic rings. The first-order valence-corrected chi connectivity index (χ1v) is 12.6. The molecule has 1 saturated heterocycles. The number of hydrogen-bond donors (Lipinski definition) is 1. The van der Waals surface area contributed by atoms with Gasteiger partial charge in [-0.15, -0.1) is 0 Å². The fraction of sp³-hybridized carbons (Fsp3) is 0.538. The minimum absolute atomic E-state index is 0.0203. The molecule has 2 aromatic rings. The van der Waals surface area contributed by atoms with Crippen LogP contribution in [0.3, 0.4) is 0 Å². The van der Waals surface area contributed by atoms with Crippen LogP contribution in [0.4, 0.5) is 4.79 Å². The number of morpholine rings is 1. The maximum atomic E-state index is 13.6. The van der Waals surface area contributed by atoms with Gasteiger partial charge in [0.2, 0.25) is 12.7 Å². The molecule has 4 rings (SSSR count). The lowest BCUT2D eigenvalue weighted by atomic mass is 10.2. The molecule has 10 heteroatoms. The molecule has 1 N–H and O–H groups in total. The van der Waals surface area contributed by atoms with E-state index in [1.54, 1.807) is 22.1 Å². The zero-order valence-electron chi connectivity index (χ0n) is 20.9. The lowest BCUT2D eigenvalue weighted by Crippen LogP contribution is -2.50. The number of nitrogens with one attached hydrogen (secondary N) is 1. The van der Waals surface area contributed by atoms with E-state index in [-0.39, 0.29) is 25.3 Å². The fourth-order valence-electron chi connectivity index (χ4n) is 4.17. The van der Waals surface area contributed by atoms with E-state index in [2.05, 4.69) is 17.1 Å². The Hall–Kier alpha value is -3.24. The van der Waals surface area contributed by atoms with Crippen molar-refractivity contribution in [1.82, 2.24) is 20.0 Å². The van der Waals surface area contributed by atoms with Crippen molar-refractivity contribution in [2.45, 2.75) is 32.9 Å². The highest BCUT2D eigenvalue weighted by molar-refractivity contribution is 5.84. The van der Waals surface area contributed by atoms with Gasteiger partial charge in [-0.2, -0.15) is 0 Å². The predicted octanol–water partition coefficient (Wildman–Crippen LogP) is 2.68. The molecule has 1 aromatic carbocycles. The Morgan fingerprint density at radius 2 is 1.89 bits per heavy atom. The average Bonchev–Trinajstić information content (AvgIpc) is 3.58. The molecule has 0 radical (unpaired) electrons. The van der Waals surface area contributed by atoms with Crippen molar-refractivity contribution < 1.29 is 28.2 Å². The van der Waals surface area contributed by atoms with Crippen LogP contribution in [0, 0.1) is 0 Å². The highest BCUT2D eigenvalue weighted by Gasteiger charge is 2.24. The van der Waals surface area contributed by atoms with Crippen LogP contribution in [-0.2, 0) is 22.6 Å². The topological polar surface area (TPSA) is 96.7 Å². The second-order valence-electron chi connectivity index (χ2n) is 8.98. The number of amides is 3. The zero-order chi connectivity index (χ0) is 25.2. The van der Waals surface area contributed by atoms with E-state index in [1.807, 2.05) is 24.3 Å². The van der Waals surface area contributed by atoms with Crippen LogP contribution < -0.4 is 14.8 Å². The van der Waals surface area contributed by atoms with Gasteiger partial charge in [0.05, 0.1) is 26.0 Å². The third kappa shape index (κ3) is 7.38. The van der Waals surface area contributed by atoms with Crippen LogP contribution in [0.5, 0.6) is 11.5 Å². The Bertz CT molecular complexity index is 977. The van der Waals surface area contributed by atoms with Crippen LogP contribution in [0.15, 0.2) is 41.0 Å². The first-order valence-electron chi connectivity index (χ1n) is 12.6. The number of carbonyl (C=O) groups is 2. The molecule has 1 fully saturated rings. The number of nitrogens with zero attached hydrogens (tertiary/aromatic N) is 3. The summed E-state index contributed by atoms with van der Waals surface area (Å²) in [5.74, 6) is 1.88. The van der Waals surface area contributed by atoms with Gasteiger partial charge in [-0.05, 0) is 36.2 Å². The first-order chi connectivity index (χ1) is 17.6. The Morgan fingerprint density at radius 3 is 2.67 bits per heavy atom. The molecule has 10 nitrogen and oxygen atoms in total. The summed E-state index contributed by atoms with van der Waals surface area (Å²) >= 11 is 0. The number of fused-ring (bicyclic) bond motifs is 1. The second kappa shape index (κ2) is 13.2. The number of furan rings is 1. The molecule has 2 aliphatic heterocycles. The second-order valence-corrected chi connectivity index (χ2v) is 8.98. The van der Waals surface area contributed by atoms with E-state index in [0.717, 1.165) is 31.5 Å². The number of unbranched alkanes of at least 4 members (excludes halogenated alkanes) is 1. The Morgan fingerprint density at radius 1 is 1.06 bits per heavy atom. The van der Waals surface area contributed by atoms with E-state index in [9.17, 15) is 9.59 Å². The number of ether oxygens (including phenoxy) is 3. The number of benzene rings is 1. The largest absolute Gasteiger partial charge is 0.467 e. The van der Waals surface area contributed by atoms with Crippen molar-refractivity contribution in [2.24, 2.45) is 0 Å². The van der Waals surface area contributed by atoms with Gasteiger partial charge in [-0.3, -0.25) is 9.69 Å². The van der Waals surface area contributed by atoms with Gasteiger partial charge in [0, 0.05) is 39.3 Å². The number of urea groups is 1. The van der Waals surface area contributed by atoms with E-state index < -0.39 is 0 Å². The van der Waals surface area contributed by atoms with Gasteiger partial charge < -0.3 is 33.7 Å². The molecule has 36 heavy (non-hydrogen) atoms. The molecule has 3 heterocycles. The molecule has 196 valence electrons. The van der Waals surface area contributed by atoms with Gasteiger partial charge in [0.1, 0.15) is 12.3 Å². The highest BCUT2D eigenvalue weighted by atomic mass is 16.7. The summed E-state index contributed by atoms with van der Waals surface area (Å²) in [6.45, 7) is 7.68. The van der Waals surface area contributed by atoms with Gasteiger partial charge in [-0.1, -0.05) is 19.4 Å². The van der Waals surface area contributed by atoms with Crippen molar-refractivity contribution in [2.75, 3.05) is 59.3 Å². The normalized spacial score (nSPS) is 15.0. The first kappa shape index (κ1) is 25.8. The van der Waals surface area contributed by atoms with Crippen molar-refractivity contribution in [1.29, 1.82) is 0 Å². The minimum Gasteiger partial charge on any atom is -0.467 e. The molecule has 3 amide bonds. The standard InChI is InChI=1S/C26H36N4O6/c1-2-3-8-27-26(32)29(10-9-28-11-14-33-15-12-28)19-25(31)30(18-22-5-4-13-34-22)17-21-6-7-23-24(16-21)36-20-35-23/h4-7,13,16H,2-3,8-12,14-15,17-20H2,1H3,(H,27,32). The zero-order valence-corrected chi connectivity index (χ0v) is 20.9. The van der Waals surface area contributed by atoms with Gasteiger partial charge >= 0.3 is 6.03 Å². The SMILES string of the molecule is CCCCNC(=O)N(CCN1CCOCC1)CC(=O)N(Cc1ccc2c(c1)OCO2)Cc1ccco1. The van der Waals surface area contributed by atoms with E-state index in [4.69, 9.17) is 18.6 Å². The van der Waals surface area contributed by atoms with E-state index >= 15 is 0 Å². The maximum absolute atomic E-state index is 13.6. The molecule has 0 saturated carbocycles. The van der Waals surface area contributed by atoms with Crippen molar-refractivity contribution in [3.8, 4) is 11.5 Å². The third-order valence-corrected chi connectivity index (χ3v) is 6.30. The van der Waals surface area contributed by atoms with E-state index in [1.165, 1.54) is 0 Å². The van der Waals surface area contributed by atoms with Gasteiger partial charge in [0.15, 0.2) is 11.5 Å². The molecular formula is C26H36N4O6. The summed E-state index contributed by atoms with van der Waals surface area (Å²) in [5.41, 5.74) is 0.909. The van der Waals surface area contributed by atoms with Crippen molar-refractivity contribution in [3.05, 3.63) is 47.9 Å². The number of carbonyl (C=O) groups excluding carboxylic acids is 2. The lowest BCUT2D eigenvalue weighted by molar-refractivity contribution is -0.133. The Labute approximate surface area is 212 Å². The quantitative estimate of drug-likeness (QED) is 0.448. The third-order valence-electron chi connectivity index (χ3n) is 6.30. The smallest absolute Gasteiger partial charge is 0.317 e. The molecule has 0 bridgehead atoms. The van der Waals surface area contributed by atoms with Crippen LogP contribution >= 0.6 is 0 Å². The van der Waals surface area contributed by atoms with Crippen molar-refractivity contribution >= 4 is 11.9 Å². The molecule has 0 unspecified atom stereocenters. The number of hydrogen-bond acceptors (Lipinski definition) is 7. The average molecular weight is 501 g/mol. The summed E-state index contributed by atoms with van der Waals surface area (Å²) < 4.78 is 21.9.